The Bertz CT molecular complexity index is 483. The van der Waals surface area contributed by atoms with E-state index in [1.807, 2.05) is 20.8 Å². The molecule has 0 fully saturated rings. The quantitative estimate of drug-likeness (QED) is 0.809. The molecule has 1 unspecified atom stereocenters. The van der Waals surface area contributed by atoms with Crippen LogP contribution in [0.5, 0.6) is 0 Å². The van der Waals surface area contributed by atoms with Crippen molar-refractivity contribution in [2.75, 3.05) is 13.7 Å². The van der Waals surface area contributed by atoms with E-state index in [0.29, 0.717) is 30.1 Å². The van der Waals surface area contributed by atoms with Crippen LogP contribution in [-0.4, -0.2) is 30.7 Å². The Morgan fingerprint density at radius 2 is 2.10 bits per heavy atom. The molecular formula is C15H23FN2O3. The number of allylic oxidation sites excluding steroid dienone is 2. The van der Waals surface area contributed by atoms with Crippen LogP contribution in [0.15, 0.2) is 35.1 Å². The highest BCUT2D eigenvalue weighted by molar-refractivity contribution is 5.92. The van der Waals surface area contributed by atoms with Gasteiger partial charge in [0.1, 0.15) is 17.3 Å². The van der Waals surface area contributed by atoms with Crippen LogP contribution in [0.1, 0.15) is 34.1 Å². The summed E-state index contributed by atoms with van der Waals surface area (Å²) in [4.78, 5) is 12.1. The maximum Gasteiger partial charge on any atom is 0.338 e. The van der Waals surface area contributed by atoms with E-state index in [1.54, 1.807) is 6.92 Å². The first-order valence-electron chi connectivity index (χ1n) is 7.22. The van der Waals surface area contributed by atoms with Crippen molar-refractivity contribution in [3.8, 4) is 0 Å². The predicted molar refractivity (Wildman–Crippen MR) is 78.3 cm³/mol. The number of esters is 1. The molecule has 2 heterocycles. The lowest BCUT2D eigenvalue weighted by Gasteiger charge is -2.23. The number of nitrogens with zero attached hydrogens (tertiary/aromatic N) is 1. The highest BCUT2D eigenvalue weighted by Gasteiger charge is 2.38. The normalized spacial score (nSPS) is 20.1. The zero-order chi connectivity index (χ0) is 16.0. The molecule has 0 bridgehead atoms. The number of hydrogen-bond acceptors (Lipinski definition) is 5. The molecule has 5 nitrogen and oxygen atoms in total. The molecule has 2 aliphatic heterocycles. The van der Waals surface area contributed by atoms with E-state index in [0.717, 1.165) is 0 Å². The minimum atomic E-state index is -0.437. The Hall–Kier alpha value is -1.82. The van der Waals surface area contributed by atoms with Gasteiger partial charge in [-0.3, -0.25) is 5.01 Å². The second-order valence-electron chi connectivity index (χ2n) is 4.17. The fraction of sp³-hybridized carbons (Fsp3) is 0.533. The fourth-order valence-corrected chi connectivity index (χ4v) is 2.20. The molecule has 0 saturated carbocycles. The molecule has 0 aromatic carbocycles. The van der Waals surface area contributed by atoms with E-state index >= 15 is 0 Å². The van der Waals surface area contributed by atoms with E-state index in [-0.39, 0.29) is 6.04 Å². The smallest absolute Gasteiger partial charge is 0.338 e. The van der Waals surface area contributed by atoms with Gasteiger partial charge in [0, 0.05) is 6.08 Å². The minimum Gasteiger partial charge on any atom is -0.494 e. The van der Waals surface area contributed by atoms with Crippen molar-refractivity contribution in [3.05, 3.63) is 35.1 Å². The van der Waals surface area contributed by atoms with Crippen molar-refractivity contribution in [2.45, 2.75) is 40.2 Å². The third-order valence-corrected chi connectivity index (χ3v) is 3.02. The fourth-order valence-electron chi connectivity index (χ4n) is 2.20. The number of ether oxygens (including phenoxy) is 2. The highest BCUT2D eigenvalue weighted by Crippen LogP contribution is 2.33. The van der Waals surface area contributed by atoms with Gasteiger partial charge in [-0.2, -0.15) is 0 Å². The molecule has 6 heteroatoms. The summed E-state index contributed by atoms with van der Waals surface area (Å²) in [5.41, 5.74) is 4.04. The maximum atomic E-state index is 13.5. The van der Waals surface area contributed by atoms with Crippen molar-refractivity contribution in [2.24, 2.45) is 0 Å². The average molecular weight is 298 g/mol. The SMILES string of the molecule is CC.CCOC(=O)C1=C2C(OC)=CC(F)=CN2NC1CC. The van der Waals surface area contributed by atoms with Gasteiger partial charge in [0.25, 0.3) is 0 Å². The first kappa shape index (κ1) is 17.2. The minimum absolute atomic E-state index is 0.213. The molecule has 0 saturated heterocycles. The van der Waals surface area contributed by atoms with Gasteiger partial charge in [0.05, 0.1) is 31.5 Å². The van der Waals surface area contributed by atoms with Gasteiger partial charge in [-0.25, -0.2) is 14.6 Å². The molecule has 0 radical (unpaired) electrons. The number of nitrogens with one attached hydrogen (secondary N) is 1. The maximum absolute atomic E-state index is 13.5. The molecule has 0 aliphatic carbocycles. The summed E-state index contributed by atoms with van der Waals surface area (Å²) in [6.07, 6.45) is 3.22. The van der Waals surface area contributed by atoms with Crippen LogP contribution in [0.25, 0.3) is 0 Å². The summed E-state index contributed by atoms with van der Waals surface area (Å²) >= 11 is 0. The Balaban J connectivity index is 0.00000106. The molecular weight excluding hydrogens is 275 g/mol. The number of rotatable bonds is 4. The molecule has 1 N–H and O–H groups in total. The van der Waals surface area contributed by atoms with E-state index < -0.39 is 11.8 Å². The Kier molecular flexibility index (Phi) is 6.42. The van der Waals surface area contributed by atoms with E-state index in [4.69, 9.17) is 9.47 Å². The second kappa shape index (κ2) is 7.83. The first-order valence-corrected chi connectivity index (χ1v) is 7.22. The summed E-state index contributed by atoms with van der Waals surface area (Å²) in [7, 11) is 1.44. The zero-order valence-corrected chi connectivity index (χ0v) is 13.2. The largest absolute Gasteiger partial charge is 0.494 e. The standard InChI is InChI=1S/C13H17FN2O3.C2H6/c1-4-9-11(13(17)19-5-2)12-10(18-3)6-8(14)7-16(12)15-9;1-2/h6-7,9,15H,4-5H2,1-3H3;1-2H3. The lowest BCUT2D eigenvalue weighted by Crippen LogP contribution is -2.35. The third-order valence-electron chi connectivity index (χ3n) is 3.02. The van der Waals surface area contributed by atoms with Crippen LogP contribution < -0.4 is 5.43 Å². The summed E-state index contributed by atoms with van der Waals surface area (Å²) in [6, 6.07) is -0.213. The van der Waals surface area contributed by atoms with Crippen LogP contribution in [0.2, 0.25) is 0 Å². The number of hydrogen-bond donors (Lipinski definition) is 1. The van der Waals surface area contributed by atoms with Crippen molar-refractivity contribution in [1.82, 2.24) is 10.4 Å². The van der Waals surface area contributed by atoms with Gasteiger partial charge in [0.2, 0.25) is 0 Å². The Morgan fingerprint density at radius 3 is 2.62 bits per heavy atom. The third kappa shape index (κ3) is 3.44. The van der Waals surface area contributed by atoms with E-state index in [1.165, 1.54) is 24.4 Å². The molecule has 2 rings (SSSR count). The number of carbonyl (C=O) groups excluding carboxylic acids is 1. The summed E-state index contributed by atoms with van der Waals surface area (Å²) in [6.45, 7) is 7.98. The number of methoxy groups -OCH3 is 1. The van der Waals surface area contributed by atoms with Gasteiger partial charge in [-0.15, -0.1) is 0 Å². The summed E-state index contributed by atoms with van der Waals surface area (Å²) in [5, 5.41) is 1.48. The topological polar surface area (TPSA) is 50.8 Å². The molecule has 118 valence electrons. The molecule has 21 heavy (non-hydrogen) atoms. The summed E-state index contributed by atoms with van der Waals surface area (Å²) in [5.74, 6) is -0.530. The van der Waals surface area contributed by atoms with Gasteiger partial charge >= 0.3 is 5.97 Å². The van der Waals surface area contributed by atoms with Crippen LogP contribution in [0.4, 0.5) is 4.39 Å². The van der Waals surface area contributed by atoms with Crippen molar-refractivity contribution >= 4 is 5.97 Å². The molecule has 0 aromatic rings. The van der Waals surface area contributed by atoms with Gasteiger partial charge < -0.3 is 9.47 Å². The van der Waals surface area contributed by atoms with Crippen LogP contribution >= 0.6 is 0 Å². The van der Waals surface area contributed by atoms with E-state index in [9.17, 15) is 9.18 Å². The van der Waals surface area contributed by atoms with Crippen molar-refractivity contribution in [1.29, 1.82) is 0 Å². The van der Waals surface area contributed by atoms with Gasteiger partial charge in [0.15, 0.2) is 0 Å². The molecule has 0 aromatic heterocycles. The molecule has 0 spiro atoms. The summed E-state index contributed by atoms with van der Waals surface area (Å²) < 4.78 is 23.7. The molecule has 1 atom stereocenters. The number of hydrazine groups is 1. The van der Waals surface area contributed by atoms with Gasteiger partial charge in [-0.05, 0) is 13.3 Å². The van der Waals surface area contributed by atoms with Crippen molar-refractivity contribution < 1.29 is 18.7 Å². The number of halogens is 1. The van der Waals surface area contributed by atoms with E-state index in [2.05, 4.69) is 5.43 Å². The predicted octanol–water partition coefficient (Wildman–Crippen LogP) is 2.78. The van der Waals surface area contributed by atoms with Crippen LogP contribution in [0, 0.1) is 0 Å². The lowest BCUT2D eigenvalue weighted by atomic mass is 10.0. The Morgan fingerprint density at radius 1 is 1.43 bits per heavy atom. The van der Waals surface area contributed by atoms with Crippen LogP contribution in [-0.2, 0) is 14.3 Å². The first-order chi connectivity index (χ1) is 10.1. The second-order valence-corrected chi connectivity index (χ2v) is 4.17. The monoisotopic (exact) mass is 298 g/mol. The Labute approximate surface area is 125 Å². The zero-order valence-electron chi connectivity index (χ0n) is 13.2. The molecule has 2 aliphatic rings. The number of carbonyl (C=O) groups is 1. The lowest BCUT2D eigenvalue weighted by molar-refractivity contribution is -0.138. The number of fused-ring (bicyclic) bond motifs is 1. The van der Waals surface area contributed by atoms with Crippen LogP contribution in [0.3, 0.4) is 0 Å². The van der Waals surface area contributed by atoms with Gasteiger partial charge in [-0.1, -0.05) is 20.8 Å². The highest BCUT2D eigenvalue weighted by atomic mass is 19.1. The van der Waals surface area contributed by atoms with Crippen molar-refractivity contribution in [3.63, 3.8) is 0 Å². The average Bonchev–Trinajstić information content (AvgIpc) is 2.87. The molecule has 0 amide bonds.